The predicted molar refractivity (Wildman–Crippen MR) is 78.1 cm³/mol. The first kappa shape index (κ1) is 16.0. The lowest BCUT2D eigenvalue weighted by atomic mass is 10.0. The summed E-state index contributed by atoms with van der Waals surface area (Å²) in [6.45, 7) is 4.16. The molecule has 5 heteroatoms. The predicted octanol–water partition coefficient (Wildman–Crippen LogP) is 2.35. The highest BCUT2D eigenvalue weighted by molar-refractivity contribution is 9.10. The van der Waals surface area contributed by atoms with Gasteiger partial charge >= 0.3 is 0 Å². The van der Waals surface area contributed by atoms with Crippen molar-refractivity contribution in [2.75, 3.05) is 13.2 Å². The van der Waals surface area contributed by atoms with Crippen molar-refractivity contribution < 1.29 is 14.6 Å². The summed E-state index contributed by atoms with van der Waals surface area (Å²) in [6.07, 6.45) is 0.363. The van der Waals surface area contributed by atoms with Crippen LogP contribution in [0.25, 0.3) is 0 Å². The van der Waals surface area contributed by atoms with Gasteiger partial charge < -0.3 is 15.2 Å². The minimum Gasteiger partial charge on any atom is -0.483 e. The lowest BCUT2D eigenvalue weighted by molar-refractivity contribution is -0.123. The molecule has 0 saturated heterocycles. The second-order valence-corrected chi connectivity index (χ2v) is 5.33. The van der Waals surface area contributed by atoms with Crippen LogP contribution < -0.4 is 10.1 Å². The highest BCUT2D eigenvalue weighted by Gasteiger charge is 2.13. The lowest BCUT2D eigenvalue weighted by Crippen LogP contribution is -2.37. The van der Waals surface area contributed by atoms with Gasteiger partial charge in [0.25, 0.3) is 5.91 Å². The van der Waals surface area contributed by atoms with Crippen molar-refractivity contribution >= 4 is 21.8 Å². The molecule has 0 aromatic heterocycles. The van der Waals surface area contributed by atoms with E-state index in [1.807, 2.05) is 32.0 Å². The zero-order valence-corrected chi connectivity index (χ0v) is 12.8. The Morgan fingerprint density at radius 2 is 2.16 bits per heavy atom. The van der Waals surface area contributed by atoms with Crippen molar-refractivity contribution in [1.82, 2.24) is 5.32 Å². The van der Waals surface area contributed by atoms with Crippen LogP contribution in [0.3, 0.4) is 0 Å². The Kier molecular flexibility index (Phi) is 6.87. The van der Waals surface area contributed by atoms with E-state index in [1.54, 1.807) is 6.07 Å². The smallest absolute Gasteiger partial charge is 0.258 e. The number of amides is 1. The van der Waals surface area contributed by atoms with Crippen molar-refractivity contribution in [2.24, 2.45) is 5.92 Å². The first-order valence-corrected chi connectivity index (χ1v) is 7.16. The van der Waals surface area contributed by atoms with Gasteiger partial charge in [0.1, 0.15) is 5.75 Å². The minimum atomic E-state index is -0.516. The number of para-hydroxylation sites is 1. The molecule has 2 N–H and O–H groups in total. The van der Waals surface area contributed by atoms with Crippen LogP contribution in [0.4, 0.5) is 0 Å². The Bertz CT molecular complexity index is 411. The maximum atomic E-state index is 11.6. The molecule has 19 heavy (non-hydrogen) atoms. The van der Waals surface area contributed by atoms with Gasteiger partial charge in [-0.1, -0.05) is 32.4 Å². The van der Waals surface area contributed by atoms with Gasteiger partial charge in [-0.15, -0.1) is 0 Å². The van der Waals surface area contributed by atoms with E-state index in [0.717, 1.165) is 10.9 Å². The molecule has 0 radical (unpaired) electrons. The number of rotatable bonds is 7. The summed E-state index contributed by atoms with van der Waals surface area (Å²) >= 11 is 3.34. The number of aliphatic hydroxyl groups excluding tert-OH is 1. The number of ether oxygens (including phenoxy) is 1. The summed E-state index contributed by atoms with van der Waals surface area (Å²) in [5.74, 6) is 0.558. The fraction of sp³-hybridized carbons (Fsp3) is 0.500. The van der Waals surface area contributed by atoms with Crippen LogP contribution in [0.2, 0.25) is 0 Å². The topological polar surface area (TPSA) is 58.6 Å². The van der Waals surface area contributed by atoms with E-state index in [2.05, 4.69) is 21.2 Å². The number of carbonyl (C=O) groups is 1. The zero-order chi connectivity index (χ0) is 14.3. The van der Waals surface area contributed by atoms with Crippen molar-refractivity contribution in [2.45, 2.75) is 26.4 Å². The minimum absolute atomic E-state index is 0.0597. The number of halogens is 1. The quantitative estimate of drug-likeness (QED) is 0.807. The maximum absolute atomic E-state index is 11.6. The van der Waals surface area contributed by atoms with Crippen LogP contribution in [-0.2, 0) is 4.79 Å². The summed E-state index contributed by atoms with van der Waals surface area (Å²) < 4.78 is 6.18. The summed E-state index contributed by atoms with van der Waals surface area (Å²) in [4.78, 5) is 11.6. The summed E-state index contributed by atoms with van der Waals surface area (Å²) in [5.41, 5.74) is 0. The highest BCUT2D eigenvalue weighted by Crippen LogP contribution is 2.23. The van der Waals surface area contributed by atoms with E-state index >= 15 is 0 Å². The van der Waals surface area contributed by atoms with Crippen molar-refractivity contribution in [1.29, 1.82) is 0 Å². The third-order valence-electron chi connectivity index (χ3n) is 3.00. The molecule has 1 rings (SSSR count). The van der Waals surface area contributed by atoms with Crippen molar-refractivity contribution in [3.63, 3.8) is 0 Å². The Balaban J connectivity index is 2.31. The normalized spacial score (nSPS) is 13.7. The van der Waals surface area contributed by atoms with Gasteiger partial charge in [0.2, 0.25) is 0 Å². The molecule has 0 aliphatic rings. The Hall–Kier alpha value is -1.07. The van der Waals surface area contributed by atoms with E-state index in [-0.39, 0.29) is 25.0 Å². The number of nitrogens with one attached hydrogen (secondary N) is 1. The number of hydrogen-bond donors (Lipinski definition) is 2. The van der Waals surface area contributed by atoms with Crippen LogP contribution in [-0.4, -0.2) is 30.3 Å². The van der Waals surface area contributed by atoms with Crippen molar-refractivity contribution in [3.05, 3.63) is 28.7 Å². The number of benzene rings is 1. The number of hydrogen-bond acceptors (Lipinski definition) is 3. The summed E-state index contributed by atoms with van der Waals surface area (Å²) in [5, 5.41) is 12.4. The van der Waals surface area contributed by atoms with Gasteiger partial charge in [-0.3, -0.25) is 4.79 Å². The first-order valence-electron chi connectivity index (χ1n) is 6.36. The van der Waals surface area contributed by atoms with E-state index in [4.69, 9.17) is 4.74 Å². The van der Waals surface area contributed by atoms with Crippen molar-refractivity contribution in [3.8, 4) is 5.75 Å². The molecule has 0 fully saturated rings. The number of carbonyl (C=O) groups excluding carboxylic acids is 1. The Morgan fingerprint density at radius 1 is 1.47 bits per heavy atom. The average molecular weight is 330 g/mol. The third-order valence-corrected chi connectivity index (χ3v) is 3.66. The molecule has 106 valence electrons. The molecule has 0 aliphatic heterocycles. The van der Waals surface area contributed by atoms with Gasteiger partial charge in [0.05, 0.1) is 10.6 Å². The van der Waals surface area contributed by atoms with Crippen LogP contribution in [0.1, 0.15) is 20.3 Å². The molecule has 2 atom stereocenters. The zero-order valence-electron chi connectivity index (χ0n) is 11.2. The monoisotopic (exact) mass is 329 g/mol. The molecule has 0 saturated carbocycles. The second kappa shape index (κ2) is 8.17. The van der Waals surface area contributed by atoms with Gasteiger partial charge in [-0.2, -0.15) is 0 Å². The molecule has 1 aromatic rings. The first-order chi connectivity index (χ1) is 9.04. The van der Waals surface area contributed by atoms with Crippen LogP contribution in [0.5, 0.6) is 5.75 Å². The van der Waals surface area contributed by atoms with E-state index in [0.29, 0.717) is 5.75 Å². The van der Waals surface area contributed by atoms with Gasteiger partial charge in [0.15, 0.2) is 6.61 Å². The molecular formula is C14H20BrNO3. The third kappa shape index (κ3) is 5.61. The standard InChI is InChI=1S/C14H20BrNO3/c1-3-10(2)12(17)8-16-14(18)9-19-13-7-5-4-6-11(13)15/h4-7,10,12,17H,3,8-9H2,1-2H3,(H,16,18). The van der Waals surface area contributed by atoms with Gasteiger partial charge in [0, 0.05) is 6.54 Å². The van der Waals surface area contributed by atoms with E-state index < -0.39 is 6.10 Å². The van der Waals surface area contributed by atoms with E-state index in [1.165, 1.54) is 0 Å². The fourth-order valence-corrected chi connectivity index (χ4v) is 1.85. The average Bonchev–Trinajstić information content (AvgIpc) is 2.42. The summed E-state index contributed by atoms with van der Waals surface area (Å²) in [7, 11) is 0. The van der Waals surface area contributed by atoms with Crippen LogP contribution >= 0.6 is 15.9 Å². The Labute approximate surface area is 122 Å². The molecule has 2 unspecified atom stereocenters. The summed E-state index contributed by atoms with van der Waals surface area (Å²) in [6, 6.07) is 7.34. The molecule has 4 nitrogen and oxygen atoms in total. The molecule has 0 spiro atoms. The SMILES string of the molecule is CCC(C)C(O)CNC(=O)COc1ccccc1Br. The van der Waals surface area contributed by atoms with E-state index in [9.17, 15) is 9.90 Å². The molecule has 1 aromatic carbocycles. The number of aliphatic hydroxyl groups is 1. The second-order valence-electron chi connectivity index (χ2n) is 4.48. The molecule has 1 amide bonds. The highest BCUT2D eigenvalue weighted by atomic mass is 79.9. The van der Waals surface area contributed by atoms with Gasteiger partial charge in [-0.05, 0) is 34.0 Å². The molecule has 0 heterocycles. The molecule has 0 bridgehead atoms. The molecular weight excluding hydrogens is 310 g/mol. The lowest BCUT2D eigenvalue weighted by Gasteiger charge is -2.17. The maximum Gasteiger partial charge on any atom is 0.258 e. The fourth-order valence-electron chi connectivity index (χ4n) is 1.45. The Morgan fingerprint density at radius 3 is 2.79 bits per heavy atom. The van der Waals surface area contributed by atoms with Crippen LogP contribution in [0, 0.1) is 5.92 Å². The molecule has 0 aliphatic carbocycles. The van der Waals surface area contributed by atoms with Gasteiger partial charge in [-0.25, -0.2) is 0 Å². The van der Waals surface area contributed by atoms with Crippen LogP contribution in [0.15, 0.2) is 28.7 Å². The largest absolute Gasteiger partial charge is 0.483 e.